The molecule has 0 fully saturated rings. The highest BCUT2D eigenvalue weighted by Crippen LogP contribution is 2.27. The summed E-state index contributed by atoms with van der Waals surface area (Å²) in [6, 6.07) is 2.10. The van der Waals surface area contributed by atoms with E-state index >= 15 is 0 Å². The van der Waals surface area contributed by atoms with Gasteiger partial charge in [-0.2, -0.15) is 0 Å². The van der Waals surface area contributed by atoms with Crippen LogP contribution in [0.5, 0.6) is 0 Å². The summed E-state index contributed by atoms with van der Waals surface area (Å²) in [6.45, 7) is 5.91. The minimum atomic E-state index is 0.296. The van der Waals surface area contributed by atoms with Crippen molar-refractivity contribution in [1.82, 2.24) is 4.98 Å². The quantitative estimate of drug-likeness (QED) is 0.720. The van der Waals surface area contributed by atoms with E-state index in [2.05, 4.69) is 10.3 Å². The van der Waals surface area contributed by atoms with Gasteiger partial charge < -0.3 is 11.1 Å². The molecule has 0 aliphatic carbocycles. The van der Waals surface area contributed by atoms with Crippen LogP contribution in [0.2, 0.25) is 5.15 Å². The number of anilines is 2. The molecule has 4 heteroatoms. The molecule has 0 amide bonds. The van der Waals surface area contributed by atoms with Gasteiger partial charge in [-0.05, 0) is 26.8 Å². The zero-order valence-electron chi connectivity index (χ0n) is 8.06. The lowest BCUT2D eigenvalue weighted by molar-refractivity contribution is 0.898. The van der Waals surface area contributed by atoms with Crippen LogP contribution in [0.1, 0.15) is 19.5 Å². The fourth-order valence-corrected chi connectivity index (χ4v) is 1.39. The highest BCUT2D eigenvalue weighted by molar-refractivity contribution is 6.32. The lowest BCUT2D eigenvalue weighted by Crippen LogP contribution is -2.12. The number of halogens is 1. The molecule has 0 unspecified atom stereocenters. The highest BCUT2D eigenvalue weighted by atomic mass is 35.5. The van der Waals surface area contributed by atoms with Crippen LogP contribution in [0, 0.1) is 6.92 Å². The zero-order valence-corrected chi connectivity index (χ0v) is 8.81. The lowest BCUT2D eigenvalue weighted by atomic mass is 10.2. The monoisotopic (exact) mass is 199 g/mol. The van der Waals surface area contributed by atoms with Gasteiger partial charge in [0.05, 0.1) is 11.4 Å². The molecule has 1 rings (SSSR count). The van der Waals surface area contributed by atoms with Gasteiger partial charge in [0, 0.05) is 11.7 Å². The van der Waals surface area contributed by atoms with E-state index in [-0.39, 0.29) is 0 Å². The van der Waals surface area contributed by atoms with Crippen molar-refractivity contribution < 1.29 is 0 Å². The van der Waals surface area contributed by atoms with Gasteiger partial charge in [0.15, 0.2) is 5.15 Å². The summed E-state index contributed by atoms with van der Waals surface area (Å²) >= 11 is 5.93. The van der Waals surface area contributed by atoms with Crippen LogP contribution in [0.25, 0.3) is 0 Å². The molecule has 3 N–H and O–H groups in total. The van der Waals surface area contributed by atoms with E-state index in [1.54, 1.807) is 6.07 Å². The standard InChI is InChI=1S/C9H14ClN3/c1-5(2)12-8-7(11)4-6(3)13-9(8)10/h4-5,12H,1-3H3,(H2,11,13). The van der Waals surface area contributed by atoms with E-state index in [0.717, 1.165) is 11.4 Å². The predicted molar refractivity (Wildman–Crippen MR) is 57.2 cm³/mol. The second kappa shape index (κ2) is 3.83. The van der Waals surface area contributed by atoms with Crippen LogP contribution < -0.4 is 11.1 Å². The Morgan fingerprint density at radius 3 is 2.62 bits per heavy atom. The number of hydrogen-bond acceptors (Lipinski definition) is 3. The van der Waals surface area contributed by atoms with Crippen molar-refractivity contribution in [3.8, 4) is 0 Å². The highest BCUT2D eigenvalue weighted by Gasteiger charge is 2.07. The number of hydrogen-bond donors (Lipinski definition) is 2. The van der Waals surface area contributed by atoms with Crippen molar-refractivity contribution in [2.45, 2.75) is 26.8 Å². The zero-order chi connectivity index (χ0) is 10.0. The first kappa shape index (κ1) is 10.1. The molecule has 1 heterocycles. The molecule has 1 aromatic heterocycles. The molecule has 13 heavy (non-hydrogen) atoms. The SMILES string of the molecule is Cc1cc(N)c(NC(C)C)c(Cl)n1. The Kier molecular flexibility index (Phi) is 2.98. The summed E-state index contributed by atoms with van der Waals surface area (Å²) in [5.41, 5.74) is 7.98. The Hall–Kier alpha value is -0.960. The molecule has 0 atom stereocenters. The van der Waals surface area contributed by atoms with E-state index in [1.165, 1.54) is 0 Å². The van der Waals surface area contributed by atoms with Crippen LogP contribution in [0.3, 0.4) is 0 Å². The van der Waals surface area contributed by atoms with Gasteiger partial charge in [-0.3, -0.25) is 0 Å². The summed E-state index contributed by atoms with van der Waals surface area (Å²) in [4.78, 5) is 4.11. The largest absolute Gasteiger partial charge is 0.397 e. The molecule has 3 nitrogen and oxygen atoms in total. The van der Waals surface area contributed by atoms with Crippen molar-refractivity contribution in [3.05, 3.63) is 16.9 Å². The number of nitrogens with zero attached hydrogens (tertiary/aromatic N) is 1. The molecule has 0 saturated heterocycles. The van der Waals surface area contributed by atoms with Crippen LogP contribution >= 0.6 is 11.6 Å². The number of nitrogens with two attached hydrogens (primary N) is 1. The van der Waals surface area contributed by atoms with Gasteiger partial charge in [0.1, 0.15) is 0 Å². The Morgan fingerprint density at radius 1 is 1.54 bits per heavy atom. The first-order valence-corrected chi connectivity index (χ1v) is 4.57. The Balaban J connectivity index is 3.06. The van der Waals surface area contributed by atoms with Gasteiger partial charge in [-0.1, -0.05) is 11.6 Å². The van der Waals surface area contributed by atoms with Crippen molar-refractivity contribution in [1.29, 1.82) is 0 Å². The molecule has 72 valence electrons. The predicted octanol–water partition coefficient (Wildman–Crippen LogP) is 2.45. The average Bonchev–Trinajstić information content (AvgIpc) is 1.96. The van der Waals surface area contributed by atoms with Crippen molar-refractivity contribution in [3.63, 3.8) is 0 Å². The maximum Gasteiger partial charge on any atom is 0.154 e. The minimum absolute atomic E-state index is 0.296. The molecular formula is C9H14ClN3. The molecule has 0 bridgehead atoms. The molecule has 0 aliphatic heterocycles. The molecular weight excluding hydrogens is 186 g/mol. The van der Waals surface area contributed by atoms with Crippen LogP contribution in [0.4, 0.5) is 11.4 Å². The maximum atomic E-state index is 5.93. The summed E-state index contributed by atoms with van der Waals surface area (Å²) < 4.78 is 0. The smallest absolute Gasteiger partial charge is 0.154 e. The Bertz CT molecular complexity index is 287. The van der Waals surface area contributed by atoms with Crippen molar-refractivity contribution in [2.24, 2.45) is 0 Å². The van der Waals surface area contributed by atoms with Gasteiger partial charge in [0.25, 0.3) is 0 Å². The number of aryl methyl sites for hydroxylation is 1. The van der Waals surface area contributed by atoms with E-state index < -0.39 is 0 Å². The van der Waals surface area contributed by atoms with Gasteiger partial charge in [-0.15, -0.1) is 0 Å². The molecule has 0 aromatic carbocycles. The van der Waals surface area contributed by atoms with E-state index in [4.69, 9.17) is 17.3 Å². The summed E-state index contributed by atoms with van der Waals surface area (Å²) in [6.07, 6.45) is 0. The third-order valence-electron chi connectivity index (χ3n) is 1.57. The average molecular weight is 200 g/mol. The Labute approximate surface area is 83.3 Å². The molecule has 0 aliphatic rings. The third-order valence-corrected chi connectivity index (χ3v) is 1.84. The van der Waals surface area contributed by atoms with Gasteiger partial charge >= 0.3 is 0 Å². The minimum Gasteiger partial charge on any atom is -0.397 e. The van der Waals surface area contributed by atoms with E-state index in [9.17, 15) is 0 Å². The summed E-state index contributed by atoms with van der Waals surface area (Å²) in [5, 5.41) is 3.59. The molecule has 0 saturated carbocycles. The topological polar surface area (TPSA) is 50.9 Å². The first-order valence-electron chi connectivity index (χ1n) is 4.20. The van der Waals surface area contributed by atoms with Crippen molar-refractivity contribution >= 4 is 23.0 Å². The second-order valence-corrected chi connectivity index (χ2v) is 3.68. The number of pyridine rings is 1. The third kappa shape index (κ3) is 2.49. The van der Waals surface area contributed by atoms with Crippen molar-refractivity contribution in [2.75, 3.05) is 11.1 Å². The van der Waals surface area contributed by atoms with Gasteiger partial charge in [0.2, 0.25) is 0 Å². The van der Waals surface area contributed by atoms with Crippen LogP contribution in [-0.4, -0.2) is 11.0 Å². The summed E-state index contributed by atoms with van der Waals surface area (Å²) in [5.74, 6) is 0. The number of nitrogen functional groups attached to an aromatic ring is 1. The fraction of sp³-hybridized carbons (Fsp3) is 0.444. The number of rotatable bonds is 2. The van der Waals surface area contributed by atoms with Crippen LogP contribution in [0.15, 0.2) is 6.07 Å². The molecule has 0 radical (unpaired) electrons. The number of aromatic nitrogens is 1. The maximum absolute atomic E-state index is 5.93. The second-order valence-electron chi connectivity index (χ2n) is 3.32. The molecule has 0 spiro atoms. The lowest BCUT2D eigenvalue weighted by Gasteiger charge is -2.13. The fourth-order valence-electron chi connectivity index (χ4n) is 1.09. The number of nitrogens with one attached hydrogen (secondary N) is 1. The summed E-state index contributed by atoms with van der Waals surface area (Å²) in [7, 11) is 0. The van der Waals surface area contributed by atoms with Gasteiger partial charge in [-0.25, -0.2) is 4.98 Å². The normalized spacial score (nSPS) is 10.5. The first-order chi connectivity index (χ1) is 6.00. The van der Waals surface area contributed by atoms with E-state index in [1.807, 2.05) is 20.8 Å². The Morgan fingerprint density at radius 2 is 2.15 bits per heavy atom. The van der Waals surface area contributed by atoms with E-state index in [0.29, 0.717) is 16.9 Å². The van der Waals surface area contributed by atoms with Crippen LogP contribution in [-0.2, 0) is 0 Å². The molecule has 1 aromatic rings.